The van der Waals surface area contributed by atoms with Crippen LogP contribution in [0.25, 0.3) is 10.4 Å². The average Bonchev–Trinajstić information content (AvgIpc) is 3.49. The van der Waals surface area contributed by atoms with Crippen molar-refractivity contribution in [3.05, 3.63) is 65.5 Å². The molecule has 3 aromatic rings. The van der Waals surface area contributed by atoms with Crippen molar-refractivity contribution in [2.75, 3.05) is 29.0 Å². The van der Waals surface area contributed by atoms with Crippen LogP contribution < -0.4 is 16.0 Å². The zero-order valence-electron chi connectivity index (χ0n) is 17.8. The molecule has 1 saturated carbocycles. The second-order valence-corrected chi connectivity index (χ2v) is 9.92. The minimum Gasteiger partial charge on any atom is -0.397 e. The molecule has 0 radical (unpaired) electrons. The minimum absolute atomic E-state index is 0.134. The molecule has 1 aliphatic carbocycles. The number of nitrogens with zero attached hydrogens (tertiary/aromatic N) is 1. The average molecular weight is 432 g/mol. The molecule has 5 heteroatoms. The number of nitrogen functional groups attached to an aromatic ring is 1. The van der Waals surface area contributed by atoms with Crippen molar-refractivity contribution in [1.82, 2.24) is 0 Å². The van der Waals surface area contributed by atoms with E-state index in [2.05, 4.69) is 28.4 Å². The summed E-state index contributed by atoms with van der Waals surface area (Å²) in [6.45, 7) is 2.25. The highest BCUT2D eigenvalue weighted by Gasteiger charge is 2.36. The van der Waals surface area contributed by atoms with E-state index >= 15 is 0 Å². The van der Waals surface area contributed by atoms with E-state index in [1.807, 2.05) is 41.8 Å². The van der Waals surface area contributed by atoms with Crippen LogP contribution in [-0.2, 0) is 0 Å². The lowest BCUT2D eigenvalue weighted by atomic mass is 9.77. The predicted molar refractivity (Wildman–Crippen MR) is 131 cm³/mol. The Balaban J connectivity index is 1.25. The van der Waals surface area contributed by atoms with Crippen LogP contribution in [0.1, 0.15) is 48.9 Å². The molecule has 1 spiro atoms. The molecular weight excluding hydrogens is 402 g/mol. The molecule has 31 heavy (non-hydrogen) atoms. The van der Waals surface area contributed by atoms with Crippen molar-refractivity contribution in [3.8, 4) is 10.4 Å². The molecule has 0 bridgehead atoms. The van der Waals surface area contributed by atoms with Crippen molar-refractivity contribution in [2.45, 2.75) is 38.5 Å². The monoisotopic (exact) mass is 431 g/mol. The summed E-state index contributed by atoms with van der Waals surface area (Å²) in [7, 11) is 0. The number of anilines is 3. The van der Waals surface area contributed by atoms with E-state index in [1.54, 1.807) is 11.3 Å². The molecular formula is C26H29N3OS. The molecule has 3 N–H and O–H groups in total. The maximum Gasteiger partial charge on any atom is 0.255 e. The molecule has 1 saturated heterocycles. The van der Waals surface area contributed by atoms with E-state index in [4.69, 9.17) is 5.73 Å². The number of nitrogens with one attached hydrogen (secondary N) is 1. The van der Waals surface area contributed by atoms with Gasteiger partial charge in [0.2, 0.25) is 0 Å². The molecule has 0 atom stereocenters. The normalized spacial score (nSPS) is 17.7. The van der Waals surface area contributed by atoms with E-state index in [0.717, 1.165) is 23.5 Å². The highest BCUT2D eigenvalue weighted by molar-refractivity contribution is 7.13. The van der Waals surface area contributed by atoms with Crippen molar-refractivity contribution < 1.29 is 4.79 Å². The zero-order valence-corrected chi connectivity index (χ0v) is 18.6. The van der Waals surface area contributed by atoms with Gasteiger partial charge in [0.25, 0.3) is 5.91 Å². The molecule has 1 aromatic heterocycles. The molecule has 1 aliphatic heterocycles. The number of hydrogen-bond donors (Lipinski definition) is 2. The topological polar surface area (TPSA) is 58.4 Å². The van der Waals surface area contributed by atoms with E-state index in [0.29, 0.717) is 22.4 Å². The third kappa shape index (κ3) is 4.19. The fourth-order valence-electron chi connectivity index (χ4n) is 5.14. The summed E-state index contributed by atoms with van der Waals surface area (Å²) in [5, 5.41) is 5.03. The Bertz CT molecular complexity index is 1040. The van der Waals surface area contributed by atoms with Gasteiger partial charge >= 0.3 is 0 Å². The van der Waals surface area contributed by atoms with Crippen LogP contribution >= 0.6 is 11.3 Å². The fourth-order valence-corrected chi connectivity index (χ4v) is 5.87. The third-order valence-electron chi connectivity index (χ3n) is 7.09. The van der Waals surface area contributed by atoms with E-state index in [-0.39, 0.29) is 5.91 Å². The van der Waals surface area contributed by atoms with Gasteiger partial charge in [-0.25, -0.2) is 0 Å². The number of nitrogens with two attached hydrogens (primary N) is 1. The van der Waals surface area contributed by atoms with Gasteiger partial charge in [0, 0.05) is 29.2 Å². The molecule has 2 heterocycles. The first-order valence-electron chi connectivity index (χ1n) is 11.2. The SMILES string of the molecule is Nc1ccc(-c2cccs2)cc1NC(=O)c1ccc(N2CCC3(CCCC3)CC2)cc1. The lowest BCUT2D eigenvalue weighted by Crippen LogP contribution is -2.38. The van der Waals surface area contributed by atoms with Crippen molar-refractivity contribution in [1.29, 1.82) is 0 Å². The summed E-state index contributed by atoms with van der Waals surface area (Å²) >= 11 is 1.67. The molecule has 5 rings (SSSR count). The summed E-state index contributed by atoms with van der Waals surface area (Å²) in [6.07, 6.45) is 8.24. The van der Waals surface area contributed by atoms with Crippen LogP contribution in [0.5, 0.6) is 0 Å². The molecule has 2 aliphatic rings. The maximum absolute atomic E-state index is 12.8. The van der Waals surface area contributed by atoms with E-state index in [9.17, 15) is 4.79 Å². The largest absolute Gasteiger partial charge is 0.397 e. The van der Waals surface area contributed by atoms with Crippen LogP contribution in [0.2, 0.25) is 0 Å². The first-order valence-corrected chi connectivity index (χ1v) is 12.1. The van der Waals surface area contributed by atoms with Crippen LogP contribution in [0.4, 0.5) is 17.1 Å². The Morgan fingerprint density at radius 1 is 0.968 bits per heavy atom. The van der Waals surface area contributed by atoms with Gasteiger partial charge in [0.05, 0.1) is 11.4 Å². The summed E-state index contributed by atoms with van der Waals surface area (Å²) in [5.41, 5.74) is 10.9. The molecule has 4 nitrogen and oxygen atoms in total. The highest BCUT2D eigenvalue weighted by Crippen LogP contribution is 2.46. The van der Waals surface area contributed by atoms with Gasteiger partial charge in [-0.05, 0) is 84.5 Å². The second kappa shape index (κ2) is 8.39. The smallest absolute Gasteiger partial charge is 0.255 e. The number of piperidine rings is 1. The molecule has 0 unspecified atom stereocenters. The van der Waals surface area contributed by atoms with Crippen LogP contribution in [0.15, 0.2) is 60.0 Å². The summed E-state index contributed by atoms with van der Waals surface area (Å²) in [6, 6.07) is 17.9. The third-order valence-corrected chi connectivity index (χ3v) is 8.01. The number of carbonyl (C=O) groups is 1. The molecule has 1 amide bonds. The molecule has 2 fully saturated rings. The lowest BCUT2D eigenvalue weighted by molar-refractivity contribution is 0.102. The van der Waals surface area contributed by atoms with E-state index in [1.165, 1.54) is 44.2 Å². The fraction of sp³-hybridized carbons (Fsp3) is 0.346. The summed E-state index contributed by atoms with van der Waals surface area (Å²) < 4.78 is 0. The first kappa shape index (κ1) is 20.1. The maximum atomic E-state index is 12.8. The summed E-state index contributed by atoms with van der Waals surface area (Å²) in [5.74, 6) is -0.134. The van der Waals surface area contributed by atoms with Gasteiger partial charge < -0.3 is 16.0 Å². The Hall–Kier alpha value is -2.79. The van der Waals surface area contributed by atoms with Gasteiger partial charge in [0.15, 0.2) is 0 Å². The predicted octanol–water partition coefficient (Wildman–Crippen LogP) is 6.41. The molecule has 2 aromatic carbocycles. The Kier molecular flexibility index (Phi) is 5.45. The Morgan fingerprint density at radius 2 is 1.71 bits per heavy atom. The Labute approximate surface area is 188 Å². The van der Waals surface area contributed by atoms with Crippen molar-refractivity contribution >= 4 is 34.3 Å². The van der Waals surface area contributed by atoms with Crippen molar-refractivity contribution in [2.24, 2.45) is 5.41 Å². The number of carbonyl (C=O) groups excluding carboxylic acids is 1. The number of hydrogen-bond acceptors (Lipinski definition) is 4. The van der Waals surface area contributed by atoms with Gasteiger partial charge in [0.1, 0.15) is 0 Å². The lowest BCUT2D eigenvalue weighted by Gasteiger charge is -2.40. The highest BCUT2D eigenvalue weighted by atomic mass is 32.1. The van der Waals surface area contributed by atoms with Gasteiger partial charge in [-0.15, -0.1) is 11.3 Å². The van der Waals surface area contributed by atoms with Crippen molar-refractivity contribution in [3.63, 3.8) is 0 Å². The van der Waals surface area contributed by atoms with Gasteiger partial charge in [-0.3, -0.25) is 4.79 Å². The van der Waals surface area contributed by atoms with Crippen LogP contribution in [-0.4, -0.2) is 19.0 Å². The number of amides is 1. The minimum atomic E-state index is -0.134. The molecule has 160 valence electrons. The summed E-state index contributed by atoms with van der Waals surface area (Å²) in [4.78, 5) is 16.5. The second-order valence-electron chi connectivity index (χ2n) is 8.97. The zero-order chi connectivity index (χ0) is 21.3. The standard InChI is InChI=1S/C26H29N3OS/c27-22-10-7-20(24-4-3-17-31-24)18-23(22)28-25(30)19-5-8-21(9-6-19)29-15-13-26(14-16-29)11-1-2-12-26/h3-10,17-18H,1-2,11-16,27H2,(H,28,30). The first-order chi connectivity index (χ1) is 15.1. The quantitative estimate of drug-likeness (QED) is 0.469. The van der Waals surface area contributed by atoms with Crippen LogP contribution in [0, 0.1) is 5.41 Å². The number of thiophene rings is 1. The number of benzene rings is 2. The van der Waals surface area contributed by atoms with Gasteiger partial charge in [-0.1, -0.05) is 25.0 Å². The Morgan fingerprint density at radius 3 is 2.39 bits per heavy atom. The van der Waals surface area contributed by atoms with Gasteiger partial charge in [-0.2, -0.15) is 0 Å². The van der Waals surface area contributed by atoms with E-state index < -0.39 is 0 Å². The van der Waals surface area contributed by atoms with Crippen LogP contribution in [0.3, 0.4) is 0 Å². The number of rotatable bonds is 4.